The van der Waals surface area contributed by atoms with E-state index in [-0.39, 0.29) is 5.91 Å². The number of hydrogen-bond donors (Lipinski definition) is 2. The van der Waals surface area contributed by atoms with Gasteiger partial charge in [0.25, 0.3) is 5.91 Å². The summed E-state index contributed by atoms with van der Waals surface area (Å²) >= 11 is 5.84. The minimum Gasteiger partial charge on any atom is -0.465 e. The molecule has 1 aromatic heterocycles. The predicted octanol–water partition coefficient (Wildman–Crippen LogP) is 3.97. The summed E-state index contributed by atoms with van der Waals surface area (Å²) in [4.78, 5) is 27.5. The molecule has 0 aliphatic heterocycles. The Morgan fingerprint density at radius 3 is 2.48 bits per heavy atom. The first kappa shape index (κ1) is 17.1. The van der Waals surface area contributed by atoms with Gasteiger partial charge >= 0.3 is 5.97 Å². The highest BCUT2D eigenvalue weighted by molar-refractivity contribution is 6.30. The first-order valence-corrected chi connectivity index (χ1v) is 7.72. The van der Waals surface area contributed by atoms with Crippen molar-refractivity contribution in [1.29, 1.82) is 0 Å². The average Bonchev–Trinajstić information content (AvgIpc) is 2.86. The molecule has 1 aromatic carbocycles. The lowest BCUT2D eigenvalue weighted by Crippen LogP contribution is -2.15. The summed E-state index contributed by atoms with van der Waals surface area (Å²) in [5, 5.41) is 3.40. The number of carbonyl (C=O) groups is 2. The SMILES string of the molecule is CCCc1c(C(=O)Nc2ccc(Cl)cc2)[nH]c(C)c1C(=O)OC. The van der Waals surface area contributed by atoms with E-state index in [2.05, 4.69) is 10.3 Å². The van der Waals surface area contributed by atoms with E-state index in [0.29, 0.717) is 39.6 Å². The van der Waals surface area contributed by atoms with Crippen LogP contribution in [0.3, 0.4) is 0 Å². The van der Waals surface area contributed by atoms with Gasteiger partial charge in [0.1, 0.15) is 5.69 Å². The third kappa shape index (κ3) is 3.74. The number of H-pyrrole nitrogens is 1. The smallest absolute Gasteiger partial charge is 0.339 e. The second-order valence-corrected chi connectivity index (χ2v) is 5.62. The molecule has 1 heterocycles. The number of amides is 1. The number of aryl methyl sites for hydroxylation is 1. The zero-order valence-corrected chi connectivity index (χ0v) is 14.1. The van der Waals surface area contributed by atoms with E-state index in [1.54, 1.807) is 31.2 Å². The quantitative estimate of drug-likeness (QED) is 0.813. The van der Waals surface area contributed by atoms with Crippen LogP contribution in [0.4, 0.5) is 5.69 Å². The van der Waals surface area contributed by atoms with Crippen LogP contribution in [0.25, 0.3) is 0 Å². The van der Waals surface area contributed by atoms with Crippen molar-refractivity contribution in [3.8, 4) is 0 Å². The molecule has 0 saturated carbocycles. The van der Waals surface area contributed by atoms with Gasteiger partial charge in [0, 0.05) is 16.4 Å². The summed E-state index contributed by atoms with van der Waals surface area (Å²) in [5.41, 5.74) is 2.77. The lowest BCUT2D eigenvalue weighted by Gasteiger charge is -2.07. The number of rotatable bonds is 5. The van der Waals surface area contributed by atoms with Crippen LogP contribution in [-0.2, 0) is 11.2 Å². The lowest BCUT2D eigenvalue weighted by molar-refractivity contribution is 0.0599. The normalized spacial score (nSPS) is 10.4. The monoisotopic (exact) mass is 334 g/mol. The number of methoxy groups -OCH3 is 1. The van der Waals surface area contributed by atoms with Gasteiger partial charge in [0.05, 0.1) is 12.7 Å². The number of nitrogens with one attached hydrogen (secondary N) is 2. The number of ether oxygens (including phenoxy) is 1. The summed E-state index contributed by atoms with van der Waals surface area (Å²) in [6.45, 7) is 3.74. The van der Waals surface area contributed by atoms with E-state index in [0.717, 1.165) is 6.42 Å². The van der Waals surface area contributed by atoms with E-state index in [4.69, 9.17) is 16.3 Å². The highest BCUT2D eigenvalue weighted by Gasteiger charge is 2.24. The minimum atomic E-state index is -0.437. The average molecular weight is 335 g/mol. The Labute approximate surface area is 140 Å². The maximum Gasteiger partial charge on any atom is 0.339 e. The highest BCUT2D eigenvalue weighted by Crippen LogP contribution is 2.23. The Balaban J connectivity index is 2.35. The van der Waals surface area contributed by atoms with E-state index in [1.807, 2.05) is 6.92 Å². The molecule has 0 atom stereocenters. The van der Waals surface area contributed by atoms with Crippen LogP contribution < -0.4 is 5.32 Å². The fraction of sp³-hybridized carbons (Fsp3) is 0.294. The Bertz CT molecular complexity index is 720. The second kappa shape index (κ2) is 7.33. The Hall–Kier alpha value is -2.27. The fourth-order valence-corrected chi connectivity index (χ4v) is 2.60. The predicted molar refractivity (Wildman–Crippen MR) is 90.3 cm³/mol. The van der Waals surface area contributed by atoms with Crippen LogP contribution in [0.15, 0.2) is 24.3 Å². The number of halogens is 1. The molecular weight excluding hydrogens is 316 g/mol. The van der Waals surface area contributed by atoms with E-state index in [9.17, 15) is 9.59 Å². The van der Waals surface area contributed by atoms with Crippen molar-refractivity contribution >= 4 is 29.2 Å². The number of carbonyl (C=O) groups excluding carboxylic acids is 2. The zero-order valence-electron chi connectivity index (χ0n) is 13.3. The van der Waals surface area contributed by atoms with Crippen molar-refractivity contribution in [3.63, 3.8) is 0 Å². The second-order valence-electron chi connectivity index (χ2n) is 5.18. The Morgan fingerprint density at radius 2 is 1.91 bits per heavy atom. The molecule has 0 spiro atoms. The van der Waals surface area contributed by atoms with Gasteiger partial charge in [0.2, 0.25) is 0 Å². The summed E-state index contributed by atoms with van der Waals surface area (Å²) in [5.74, 6) is -0.734. The Kier molecular flexibility index (Phi) is 5.45. The first-order chi connectivity index (χ1) is 11.0. The lowest BCUT2D eigenvalue weighted by atomic mass is 10.0. The summed E-state index contributed by atoms with van der Waals surface area (Å²) in [6.07, 6.45) is 1.42. The van der Waals surface area contributed by atoms with Crippen molar-refractivity contribution in [2.45, 2.75) is 26.7 Å². The molecule has 2 rings (SSSR count). The summed E-state index contributed by atoms with van der Waals surface area (Å²) in [7, 11) is 1.33. The van der Waals surface area contributed by atoms with E-state index < -0.39 is 5.97 Å². The van der Waals surface area contributed by atoms with Crippen LogP contribution in [0.2, 0.25) is 5.02 Å². The molecule has 6 heteroatoms. The van der Waals surface area contributed by atoms with Gasteiger partial charge in [0.15, 0.2) is 0 Å². The minimum absolute atomic E-state index is 0.297. The van der Waals surface area contributed by atoms with Crippen molar-refractivity contribution in [1.82, 2.24) is 4.98 Å². The third-order valence-corrected chi connectivity index (χ3v) is 3.76. The molecule has 0 bridgehead atoms. The van der Waals surface area contributed by atoms with Crippen molar-refractivity contribution in [3.05, 3.63) is 51.8 Å². The largest absolute Gasteiger partial charge is 0.465 e. The van der Waals surface area contributed by atoms with Crippen molar-refractivity contribution < 1.29 is 14.3 Å². The number of esters is 1. The van der Waals surface area contributed by atoms with Crippen LogP contribution in [0.5, 0.6) is 0 Å². The molecule has 0 fully saturated rings. The molecule has 23 heavy (non-hydrogen) atoms. The van der Waals surface area contributed by atoms with Crippen LogP contribution in [-0.4, -0.2) is 24.0 Å². The molecule has 0 saturated heterocycles. The first-order valence-electron chi connectivity index (χ1n) is 7.34. The van der Waals surface area contributed by atoms with Gasteiger partial charge in [-0.3, -0.25) is 4.79 Å². The molecule has 122 valence electrons. The molecular formula is C17H19ClN2O3. The molecule has 0 unspecified atom stereocenters. The molecule has 2 aromatic rings. The molecule has 2 N–H and O–H groups in total. The van der Waals surface area contributed by atoms with E-state index >= 15 is 0 Å². The molecule has 0 aliphatic rings. The Morgan fingerprint density at radius 1 is 1.26 bits per heavy atom. The number of benzene rings is 1. The molecule has 5 nitrogen and oxygen atoms in total. The van der Waals surface area contributed by atoms with Gasteiger partial charge in [-0.1, -0.05) is 24.9 Å². The van der Waals surface area contributed by atoms with Gasteiger partial charge in [-0.2, -0.15) is 0 Å². The van der Waals surface area contributed by atoms with Crippen molar-refractivity contribution in [2.75, 3.05) is 12.4 Å². The maximum absolute atomic E-state index is 12.5. The summed E-state index contributed by atoms with van der Waals surface area (Å²) in [6, 6.07) is 6.83. The van der Waals surface area contributed by atoms with Crippen molar-refractivity contribution in [2.24, 2.45) is 0 Å². The number of anilines is 1. The third-order valence-electron chi connectivity index (χ3n) is 3.51. The van der Waals surface area contributed by atoms with Gasteiger partial charge in [-0.05, 0) is 43.2 Å². The summed E-state index contributed by atoms with van der Waals surface area (Å²) < 4.78 is 4.82. The fourth-order valence-electron chi connectivity index (χ4n) is 2.48. The van der Waals surface area contributed by atoms with Crippen LogP contribution in [0, 0.1) is 6.92 Å². The van der Waals surface area contributed by atoms with Gasteiger partial charge in [-0.25, -0.2) is 4.79 Å². The maximum atomic E-state index is 12.5. The van der Waals surface area contributed by atoms with Gasteiger partial charge < -0.3 is 15.0 Å². The topological polar surface area (TPSA) is 71.2 Å². The molecule has 0 radical (unpaired) electrons. The molecule has 1 amide bonds. The standard InChI is InChI=1S/C17H19ClN2O3/c1-4-5-13-14(17(22)23-3)10(2)19-15(13)16(21)20-12-8-6-11(18)7-9-12/h6-9,19H,4-5H2,1-3H3,(H,20,21). The zero-order chi connectivity index (χ0) is 17.0. The van der Waals surface area contributed by atoms with Crippen LogP contribution in [0.1, 0.15) is 45.4 Å². The van der Waals surface area contributed by atoms with Crippen LogP contribution >= 0.6 is 11.6 Å². The van der Waals surface area contributed by atoms with Gasteiger partial charge in [-0.15, -0.1) is 0 Å². The number of aromatic amines is 1. The number of hydrogen-bond acceptors (Lipinski definition) is 3. The highest BCUT2D eigenvalue weighted by atomic mass is 35.5. The number of aromatic nitrogens is 1. The molecule has 0 aliphatic carbocycles. The van der Waals surface area contributed by atoms with E-state index in [1.165, 1.54) is 7.11 Å².